The summed E-state index contributed by atoms with van der Waals surface area (Å²) in [6.45, 7) is 4.15. The Hall–Kier alpha value is -3.06. The lowest BCUT2D eigenvalue weighted by Gasteiger charge is -2.35. The SMILES string of the molecule is CCc1cc(N2CCN(C(=O)c3c(F)cccc3Cl)CC2)nc(-c2ccncc2)n1. The summed E-state index contributed by atoms with van der Waals surface area (Å²) >= 11 is 6.06. The van der Waals surface area contributed by atoms with E-state index >= 15 is 0 Å². The van der Waals surface area contributed by atoms with Crippen LogP contribution in [0.5, 0.6) is 0 Å². The normalized spacial score (nSPS) is 14.1. The van der Waals surface area contributed by atoms with Gasteiger partial charge < -0.3 is 9.80 Å². The number of piperazine rings is 1. The maximum Gasteiger partial charge on any atom is 0.258 e. The van der Waals surface area contributed by atoms with Crippen LogP contribution in [0.4, 0.5) is 10.2 Å². The summed E-state index contributed by atoms with van der Waals surface area (Å²) in [4.78, 5) is 29.9. The minimum atomic E-state index is -0.597. The monoisotopic (exact) mass is 425 g/mol. The summed E-state index contributed by atoms with van der Waals surface area (Å²) in [6, 6.07) is 10.0. The van der Waals surface area contributed by atoms with Gasteiger partial charge in [0.1, 0.15) is 11.6 Å². The van der Waals surface area contributed by atoms with Gasteiger partial charge in [-0.3, -0.25) is 9.78 Å². The Morgan fingerprint density at radius 1 is 1.10 bits per heavy atom. The van der Waals surface area contributed by atoms with Crippen molar-refractivity contribution in [2.45, 2.75) is 13.3 Å². The summed E-state index contributed by atoms with van der Waals surface area (Å²) in [5.41, 5.74) is 1.79. The van der Waals surface area contributed by atoms with E-state index in [-0.39, 0.29) is 16.5 Å². The number of hydrogen-bond donors (Lipinski definition) is 0. The number of benzene rings is 1. The minimum absolute atomic E-state index is 0.0668. The molecule has 30 heavy (non-hydrogen) atoms. The predicted octanol–water partition coefficient (Wildman–Crippen LogP) is 3.86. The zero-order valence-corrected chi connectivity index (χ0v) is 17.3. The first-order valence-corrected chi connectivity index (χ1v) is 10.2. The van der Waals surface area contributed by atoms with Crippen molar-refractivity contribution in [1.82, 2.24) is 19.9 Å². The maximum atomic E-state index is 14.1. The van der Waals surface area contributed by atoms with Crippen molar-refractivity contribution in [2.75, 3.05) is 31.1 Å². The molecule has 6 nitrogen and oxygen atoms in total. The van der Waals surface area contributed by atoms with E-state index in [1.807, 2.05) is 18.2 Å². The first kappa shape index (κ1) is 20.2. The van der Waals surface area contributed by atoms with Gasteiger partial charge in [-0.25, -0.2) is 14.4 Å². The highest BCUT2D eigenvalue weighted by Crippen LogP contribution is 2.24. The molecule has 0 spiro atoms. The Morgan fingerprint density at radius 2 is 1.83 bits per heavy atom. The molecule has 0 bridgehead atoms. The van der Waals surface area contributed by atoms with Crippen LogP contribution in [0.25, 0.3) is 11.4 Å². The van der Waals surface area contributed by atoms with E-state index < -0.39 is 5.82 Å². The Balaban J connectivity index is 1.52. The number of pyridine rings is 1. The second-order valence-electron chi connectivity index (χ2n) is 7.01. The fourth-order valence-electron chi connectivity index (χ4n) is 3.46. The number of rotatable bonds is 4. The number of aromatic nitrogens is 3. The number of carbonyl (C=O) groups excluding carboxylic acids is 1. The smallest absolute Gasteiger partial charge is 0.258 e. The Morgan fingerprint density at radius 3 is 2.50 bits per heavy atom. The van der Waals surface area contributed by atoms with Crippen molar-refractivity contribution in [3.63, 3.8) is 0 Å². The topological polar surface area (TPSA) is 62.2 Å². The van der Waals surface area contributed by atoms with E-state index in [1.54, 1.807) is 17.3 Å². The molecule has 4 rings (SSSR count). The Labute approximate surface area is 179 Å². The lowest BCUT2D eigenvalue weighted by atomic mass is 10.1. The van der Waals surface area contributed by atoms with E-state index in [0.29, 0.717) is 32.0 Å². The summed E-state index contributed by atoms with van der Waals surface area (Å²) in [6.07, 6.45) is 4.22. The Bertz CT molecular complexity index is 1030. The van der Waals surface area contributed by atoms with Gasteiger partial charge in [0.15, 0.2) is 5.82 Å². The molecule has 8 heteroatoms. The standard InChI is InChI=1S/C22H21ClFN5O/c1-2-16-14-19(27-21(26-16)15-6-8-25-9-7-15)28-10-12-29(13-11-28)22(30)20-17(23)4-3-5-18(20)24/h3-9,14H,2,10-13H2,1H3. The fraction of sp³-hybridized carbons (Fsp3) is 0.273. The molecule has 0 atom stereocenters. The lowest BCUT2D eigenvalue weighted by Crippen LogP contribution is -2.49. The highest BCUT2D eigenvalue weighted by molar-refractivity contribution is 6.33. The minimum Gasteiger partial charge on any atom is -0.353 e. The second kappa shape index (κ2) is 8.75. The average molecular weight is 426 g/mol. The molecule has 0 unspecified atom stereocenters. The van der Waals surface area contributed by atoms with Gasteiger partial charge in [-0.1, -0.05) is 24.6 Å². The van der Waals surface area contributed by atoms with Crippen molar-refractivity contribution >= 4 is 23.3 Å². The highest BCUT2D eigenvalue weighted by atomic mass is 35.5. The maximum absolute atomic E-state index is 14.1. The van der Waals surface area contributed by atoms with Crippen molar-refractivity contribution in [2.24, 2.45) is 0 Å². The number of hydrogen-bond acceptors (Lipinski definition) is 5. The number of carbonyl (C=O) groups is 1. The molecule has 1 aliphatic rings. The quantitative estimate of drug-likeness (QED) is 0.635. The number of anilines is 1. The number of nitrogens with zero attached hydrogens (tertiary/aromatic N) is 5. The van der Waals surface area contributed by atoms with Crippen molar-refractivity contribution in [1.29, 1.82) is 0 Å². The fourth-order valence-corrected chi connectivity index (χ4v) is 3.70. The van der Waals surface area contributed by atoms with E-state index in [4.69, 9.17) is 16.6 Å². The molecule has 0 saturated carbocycles. The molecular formula is C22H21ClFN5O. The van der Waals surface area contributed by atoms with E-state index in [9.17, 15) is 9.18 Å². The second-order valence-corrected chi connectivity index (χ2v) is 7.41. The molecule has 1 amide bonds. The number of aryl methyl sites for hydroxylation is 1. The van der Waals surface area contributed by atoms with Gasteiger partial charge in [-0.15, -0.1) is 0 Å². The average Bonchev–Trinajstić information content (AvgIpc) is 2.79. The molecule has 3 heterocycles. The molecule has 0 radical (unpaired) electrons. The van der Waals surface area contributed by atoms with Crippen LogP contribution in [-0.4, -0.2) is 51.9 Å². The summed E-state index contributed by atoms with van der Waals surface area (Å²) in [5, 5.41) is 0.132. The molecule has 1 aliphatic heterocycles. The van der Waals surface area contributed by atoms with Crippen LogP contribution < -0.4 is 4.90 Å². The van der Waals surface area contributed by atoms with Gasteiger partial charge in [0.05, 0.1) is 10.6 Å². The van der Waals surface area contributed by atoms with E-state index in [1.165, 1.54) is 18.2 Å². The van der Waals surface area contributed by atoms with Gasteiger partial charge in [0.25, 0.3) is 5.91 Å². The molecule has 1 fully saturated rings. The number of amides is 1. The van der Waals surface area contributed by atoms with Crippen LogP contribution >= 0.6 is 11.6 Å². The third kappa shape index (κ3) is 4.11. The third-order valence-corrected chi connectivity index (χ3v) is 5.45. The lowest BCUT2D eigenvalue weighted by molar-refractivity contribution is 0.0742. The van der Waals surface area contributed by atoms with Crippen LogP contribution in [0.15, 0.2) is 48.8 Å². The van der Waals surface area contributed by atoms with Crippen LogP contribution in [0, 0.1) is 5.82 Å². The summed E-state index contributed by atoms with van der Waals surface area (Å²) < 4.78 is 14.1. The van der Waals surface area contributed by atoms with Crippen LogP contribution in [0.3, 0.4) is 0 Å². The Kier molecular flexibility index (Phi) is 5.90. The molecule has 0 N–H and O–H groups in total. The third-order valence-electron chi connectivity index (χ3n) is 5.13. The molecule has 0 aliphatic carbocycles. The van der Waals surface area contributed by atoms with Crippen LogP contribution in [0.2, 0.25) is 5.02 Å². The van der Waals surface area contributed by atoms with Crippen molar-refractivity contribution < 1.29 is 9.18 Å². The summed E-state index contributed by atoms with van der Waals surface area (Å²) in [5.74, 6) is 0.501. The highest BCUT2D eigenvalue weighted by Gasteiger charge is 2.26. The van der Waals surface area contributed by atoms with E-state index in [0.717, 1.165) is 23.5 Å². The largest absolute Gasteiger partial charge is 0.353 e. The number of halogens is 2. The predicted molar refractivity (Wildman–Crippen MR) is 114 cm³/mol. The molecule has 3 aromatic rings. The summed E-state index contributed by atoms with van der Waals surface area (Å²) in [7, 11) is 0. The molecule has 1 saturated heterocycles. The molecule has 1 aromatic carbocycles. The molecule has 2 aromatic heterocycles. The van der Waals surface area contributed by atoms with Gasteiger partial charge in [0, 0.05) is 55.9 Å². The van der Waals surface area contributed by atoms with Gasteiger partial charge in [0.2, 0.25) is 0 Å². The van der Waals surface area contributed by atoms with E-state index in [2.05, 4.69) is 21.8 Å². The zero-order chi connectivity index (χ0) is 21.1. The van der Waals surface area contributed by atoms with Gasteiger partial charge in [-0.2, -0.15) is 0 Å². The zero-order valence-electron chi connectivity index (χ0n) is 16.6. The molecule has 154 valence electrons. The first-order chi connectivity index (χ1) is 14.6. The van der Waals surface area contributed by atoms with Gasteiger partial charge in [-0.05, 0) is 30.7 Å². The first-order valence-electron chi connectivity index (χ1n) is 9.83. The van der Waals surface area contributed by atoms with Crippen LogP contribution in [0.1, 0.15) is 23.0 Å². The van der Waals surface area contributed by atoms with Crippen molar-refractivity contribution in [3.05, 3.63) is 70.9 Å². The molecular weight excluding hydrogens is 405 g/mol. The van der Waals surface area contributed by atoms with Crippen molar-refractivity contribution in [3.8, 4) is 11.4 Å². The van der Waals surface area contributed by atoms with Crippen LogP contribution in [-0.2, 0) is 6.42 Å². The van der Waals surface area contributed by atoms with Gasteiger partial charge >= 0.3 is 0 Å².